The Morgan fingerprint density at radius 1 is 1.20 bits per heavy atom. The van der Waals surface area contributed by atoms with Crippen LogP contribution >= 0.6 is 15.9 Å². The van der Waals surface area contributed by atoms with E-state index >= 15 is 0 Å². The van der Waals surface area contributed by atoms with Crippen molar-refractivity contribution in [2.75, 3.05) is 26.4 Å². The number of carboxylic acid groups (broad SMARTS) is 2. The standard InChI is InChI=1S/C15H24BrNO2.C2H2O4/c1-4-13(3)17-7-8-18-9-10-19-15-6-5-14(16)11-12(15)2;3-1(4)2(5)6/h5-6,11,13,17H,4,7-10H2,1-3H3;(H,3,4)(H,5,6). The van der Waals surface area contributed by atoms with Crippen molar-refractivity contribution < 1.29 is 29.3 Å². The van der Waals surface area contributed by atoms with Crippen molar-refractivity contribution >= 4 is 27.9 Å². The molecule has 1 unspecified atom stereocenters. The summed E-state index contributed by atoms with van der Waals surface area (Å²) in [5.41, 5.74) is 1.13. The van der Waals surface area contributed by atoms with E-state index in [4.69, 9.17) is 29.3 Å². The molecule has 0 bridgehead atoms. The summed E-state index contributed by atoms with van der Waals surface area (Å²) in [4.78, 5) is 18.2. The van der Waals surface area contributed by atoms with Gasteiger partial charge in [-0.15, -0.1) is 0 Å². The summed E-state index contributed by atoms with van der Waals surface area (Å²) in [6, 6.07) is 6.57. The molecule has 0 saturated carbocycles. The highest BCUT2D eigenvalue weighted by molar-refractivity contribution is 9.10. The van der Waals surface area contributed by atoms with Crippen LogP contribution in [0.15, 0.2) is 22.7 Å². The summed E-state index contributed by atoms with van der Waals surface area (Å²) in [5.74, 6) is -2.73. The van der Waals surface area contributed by atoms with Gasteiger partial charge in [0.15, 0.2) is 0 Å². The fourth-order valence-electron chi connectivity index (χ4n) is 1.61. The zero-order valence-electron chi connectivity index (χ0n) is 14.8. The number of carboxylic acids is 2. The lowest BCUT2D eigenvalue weighted by atomic mass is 10.2. The van der Waals surface area contributed by atoms with E-state index in [-0.39, 0.29) is 0 Å². The number of benzene rings is 1. The number of aliphatic carboxylic acids is 2. The summed E-state index contributed by atoms with van der Waals surface area (Å²) in [6.45, 7) is 9.23. The van der Waals surface area contributed by atoms with Crippen LogP contribution in [0.25, 0.3) is 0 Å². The molecule has 0 aliphatic rings. The lowest BCUT2D eigenvalue weighted by Gasteiger charge is -2.12. The molecule has 0 aliphatic carbocycles. The normalized spacial score (nSPS) is 11.2. The van der Waals surface area contributed by atoms with Crippen molar-refractivity contribution in [1.82, 2.24) is 5.32 Å². The smallest absolute Gasteiger partial charge is 0.414 e. The van der Waals surface area contributed by atoms with Crippen LogP contribution in [0.1, 0.15) is 25.8 Å². The lowest BCUT2D eigenvalue weighted by molar-refractivity contribution is -0.159. The van der Waals surface area contributed by atoms with Crippen molar-refractivity contribution in [1.29, 1.82) is 0 Å². The third-order valence-electron chi connectivity index (χ3n) is 3.16. The van der Waals surface area contributed by atoms with E-state index in [0.717, 1.165) is 35.4 Å². The maximum atomic E-state index is 9.10. The van der Waals surface area contributed by atoms with Crippen LogP contribution < -0.4 is 10.1 Å². The predicted octanol–water partition coefficient (Wildman–Crippen LogP) is 2.70. The number of hydrogen-bond donors (Lipinski definition) is 3. The topological polar surface area (TPSA) is 105 Å². The molecule has 1 aromatic rings. The second-order valence-corrected chi connectivity index (χ2v) is 6.16. The minimum atomic E-state index is -1.82. The van der Waals surface area contributed by atoms with Crippen LogP contribution in [0.4, 0.5) is 0 Å². The van der Waals surface area contributed by atoms with Crippen LogP contribution in [0.2, 0.25) is 0 Å². The third-order valence-corrected chi connectivity index (χ3v) is 3.65. The minimum absolute atomic E-state index is 0.560. The van der Waals surface area contributed by atoms with E-state index in [1.54, 1.807) is 0 Å². The molecule has 142 valence electrons. The van der Waals surface area contributed by atoms with Crippen molar-refractivity contribution in [3.8, 4) is 5.75 Å². The summed E-state index contributed by atoms with van der Waals surface area (Å²) in [5, 5.41) is 18.2. The van der Waals surface area contributed by atoms with E-state index in [9.17, 15) is 0 Å². The second kappa shape index (κ2) is 13.6. The van der Waals surface area contributed by atoms with Crippen molar-refractivity contribution in [3.63, 3.8) is 0 Å². The highest BCUT2D eigenvalue weighted by atomic mass is 79.9. The third kappa shape index (κ3) is 12.4. The number of aryl methyl sites for hydroxylation is 1. The van der Waals surface area contributed by atoms with Gasteiger partial charge in [0.1, 0.15) is 12.4 Å². The molecule has 25 heavy (non-hydrogen) atoms. The molecule has 0 fully saturated rings. The molecule has 1 atom stereocenters. The van der Waals surface area contributed by atoms with E-state index < -0.39 is 11.9 Å². The lowest BCUT2D eigenvalue weighted by Crippen LogP contribution is -2.29. The van der Waals surface area contributed by atoms with Crippen molar-refractivity contribution in [2.45, 2.75) is 33.2 Å². The molecular weight excluding hydrogens is 394 g/mol. The van der Waals surface area contributed by atoms with Gasteiger partial charge in [-0.05, 0) is 44.0 Å². The molecular formula is C17H26BrNO6. The van der Waals surface area contributed by atoms with Crippen LogP contribution in [-0.2, 0) is 14.3 Å². The average molecular weight is 420 g/mol. The Hall–Kier alpha value is -1.64. The van der Waals surface area contributed by atoms with Gasteiger partial charge < -0.3 is 25.0 Å². The van der Waals surface area contributed by atoms with Crippen molar-refractivity contribution in [2.24, 2.45) is 0 Å². The average Bonchev–Trinajstić information content (AvgIpc) is 2.55. The van der Waals surface area contributed by atoms with Crippen LogP contribution in [0.3, 0.4) is 0 Å². The van der Waals surface area contributed by atoms with Gasteiger partial charge in [0.05, 0.1) is 13.2 Å². The number of carbonyl (C=O) groups is 2. The largest absolute Gasteiger partial charge is 0.491 e. The van der Waals surface area contributed by atoms with Crippen LogP contribution in [-0.4, -0.2) is 54.6 Å². The molecule has 0 aromatic heterocycles. The first-order valence-electron chi connectivity index (χ1n) is 7.94. The van der Waals surface area contributed by atoms with E-state index in [1.807, 2.05) is 25.1 Å². The Morgan fingerprint density at radius 2 is 1.84 bits per heavy atom. The Kier molecular flexibility index (Phi) is 12.7. The number of halogens is 1. The van der Waals surface area contributed by atoms with Gasteiger partial charge in [0.25, 0.3) is 0 Å². The molecule has 1 aromatic carbocycles. The second-order valence-electron chi connectivity index (χ2n) is 5.24. The predicted molar refractivity (Wildman–Crippen MR) is 98.2 cm³/mol. The molecule has 0 radical (unpaired) electrons. The zero-order chi connectivity index (χ0) is 19.2. The molecule has 0 aliphatic heterocycles. The van der Waals surface area contributed by atoms with E-state index in [0.29, 0.717) is 19.3 Å². The summed E-state index contributed by atoms with van der Waals surface area (Å²) >= 11 is 3.44. The fraction of sp³-hybridized carbons (Fsp3) is 0.529. The Bertz CT molecular complexity index is 526. The molecule has 0 spiro atoms. The van der Waals surface area contributed by atoms with Gasteiger partial charge in [-0.1, -0.05) is 22.9 Å². The first kappa shape index (κ1) is 23.4. The fourth-order valence-corrected chi connectivity index (χ4v) is 2.08. The Morgan fingerprint density at radius 3 is 2.36 bits per heavy atom. The van der Waals surface area contributed by atoms with Gasteiger partial charge in [0, 0.05) is 17.1 Å². The summed E-state index contributed by atoms with van der Waals surface area (Å²) < 4.78 is 12.3. The number of ether oxygens (including phenoxy) is 2. The number of nitrogens with one attached hydrogen (secondary N) is 1. The Labute approximate surface area is 156 Å². The SMILES string of the molecule is CCC(C)NCCOCCOc1ccc(Br)cc1C.O=C(O)C(=O)O. The molecule has 0 saturated heterocycles. The summed E-state index contributed by atoms with van der Waals surface area (Å²) in [7, 11) is 0. The summed E-state index contributed by atoms with van der Waals surface area (Å²) in [6.07, 6.45) is 1.14. The molecule has 0 amide bonds. The quantitative estimate of drug-likeness (QED) is 0.417. The van der Waals surface area contributed by atoms with Crippen LogP contribution in [0.5, 0.6) is 5.75 Å². The number of hydrogen-bond acceptors (Lipinski definition) is 5. The number of rotatable bonds is 9. The first-order valence-corrected chi connectivity index (χ1v) is 8.73. The monoisotopic (exact) mass is 419 g/mol. The molecule has 3 N–H and O–H groups in total. The van der Waals surface area contributed by atoms with Gasteiger partial charge in [0.2, 0.25) is 0 Å². The van der Waals surface area contributed by atoms with Crippen molar-refractivity contribution in [3.05, 3.63) is 28.2 Å². The molecule has 8 heteroatoms. The van der Waals surface area contributed by atoms with E-state index in [1.165, 1.54) is 0 Å². The zero-order valence-corrected chi connectivity index (χ0v) is 16.3. The Balaban J connectivity index is 0.000000823. The van der Waals surface area contributed by atoms with Gasteiger partial charge >= 0.3 is 11.9 Å². The maximum Gasteiger partial charge on any atom is 0.414 e. The maximum absolute atomic E-state index is 9.10. The van der Waals surface area contributed by atoms with Gasteiger partial charge in [-0.2, -0.15) is 0 Å². The first-order chi connectivity index (χ1) is 11.8. The van der Waals surface area contributed by atoms with E-state index in [2.05, 4.69) is 35.1 Å². The molecule has 0 heterocycles. The van der Waals surface area contributed by atoms with Gasteiger partial charge in [-0.3, -0.25) is 0 Å². The highest BCUT2D eigenvalue weighted by Crippen LogP contribution is 2.21. The minimum Gasteiger partial charge on any atom is -0.491 e. The molecule has 1 rings (SSSR count). The van der Waals surface area contributed by atoms with Gasteiger partial charge in [-0.25, -0.2) is 9.59 Å². The van der Waals surface area contributed by atoms with Crippen LogP contribution in [0, 0.1) is 6.92 Å². The molecule has 7 nitrogen and oxygen atoms in total. The highest BCUT2D eigenvalue weighted by Gasteiger charge is 2.04.